The molecule has 0 aliphatic carbocycles. The highest BCUT2D eigenvalue weighted by atomic mass is 16.6. The number of hydrogen-bond donors (Lipinski definition) is 0. The molecule has 1 saturated heterocycles. The van der Waals surface area contributed by atoms with Crippen LogP contribution < -0.4 is 9.47 Å². The third-order valence-electron chi connectivity index (χ3n) is 6.67. The fraction of sp³-hybridized carbons (Fsp3) is 0.296. The summed E-state index contributed by atoms with van der Waals surface area (Å²) in [6.45, 7) is 4.54. The highest BCUT2D eigenvalue weighted by Gasteiger charge is 2.33. The average molecular weight is 455 g/mol. The van der Waals surface area contributed by atoms with Gasteiger partial charge in [-0.15, -0.1) is 0 Å². The Hall–Kier alpha value is -3.87. The summed E-state index contributed by atoms with van der Waals surface area (Å²) in [7, 11) is 0. The van der Waals surface area contributed by atoms with E-state index >= 15 is 0 Å². The van der Waals surface area contributed by atoms with E-state index in [9.17, 15) is 4.79 Å². The molecule has 0 saturated carbocycles. The second kappa shape index (κ2) is 8.48. The number of likely N-dealkylation sites (tertiary alicyclic amines) is 1. The number of hydrogen-bond acceptors (Lipinski definition) is 5. The molecule has 7 nitrogen and oxygen atoms in total. The summed E-state index contributed by atoms with van der Waals surface area (Å²) in [6.07, 6.45) is 3.64. The summed E-state index contributed by atoms with van der Waals surface area (Å²) in [5, 5.41) is 5.29. The maximum absolute atomic E-state index is 14.0. The van der Waals surface area contributed by atoms with Crippen molar-refractivity contribution in [2.75, 3.05) is 19.8 Å². The molecule has 2 aliphatic rings. The molecule has 0 N–H and O–H groups in total. The zero-order valence-corrected chi connectivity index (χ0v) is 19.1. The minimum absolute atomic E-state index is 0.00654. The van der Waals surface area contributed by atoms with Crippen molar-refractivity contribution in [3.63, 3.8) is 0 Å². The van der Waals surface area contributed by atoms with Gasteiger partial charge in [0.05, 0.1) is 28.9 Å². The van der Waals surface area contributed by atoms with Gasteiger partial charge in [0.15, 0.2) is 17.1 Å². The Morgan fingerprint density at radius 3 is 2.71 bits per heavy atom. The normalized spacial score (nSPS) is 17.3. The van der Waals surface area contributed by atoms with Crippen molar-refractivity contribution in [1.82, 2.24) is 19.7 Å². The van der Waals surface area contributed by atoms with Gasteiger partial charge >= 0.3 is 0 Å². The van der Waals surface area contributed by atoms with E-state index < -0.39 is 0 Å². The number of pyridine rings is 1. The van der Waals surface area contributed by atoms with Crippen LogP contribution in [-0.2, 0) is 6.54 Å². The van der Waals surface area contributed by atoms with E-state index in [0.717, 1.165) is 52.2 Å². The molecule has 1 fully saturated rings. The first-order valence-electron chi connectivity index (χ1n) is 11.9. The third kappa shape index (κ3) is 3.48. The van der Waals surface area contributed by atoms with Gasteiger partial charge in [-0.1, -0.05) is 36.4 Å². The fourth-order valence-corrected chi connectivity index (χ4v) is 4.99. The molecule has 2 aromatic heterocycles. The van der Waals surface area contributed by atoms with Crippen molar-refractivity contribution in [1.29, 1.82) is 0 Å². The Morgan fingerprint density at radius 2 is 1.88 bits per heavy atom. The highest BCUT2D eigenvalue weighted by molar-refractivity contribution is 6.06. The van der Waals surface area contributed by atoms with Crippen LogP contribution in [0.1, 0.15) is 41.7 Å². The van der Waals surface area contributed by atoms with E-state index in [1.807, 2.05) is 65.0 Å². The topological polar surface area (TPSA) is 69.5 Å². The van der Waals surface area contributed by atoms with E-state index in [0.29, 0.717) is 31.9 Å². The smallest absolute Gasteiger partial charge is 0.255 e. The van der Waals surface area contributed by atoms with Gasteiger partial charge in [0.1, 0.15) is 13.2 Å². The molecule has 0 spiro atoms. The largest absolute Gasteiger partial charge is 0.486 e. The molecule has 1 amide bonds. The fourth-order valence-electron chi connectivity index (χ4n) is 4.99. The van der Waals surface area contributed by atoms with E-state index in [4.69, 9.17) is 14.5 Å². The second-order valence-electron chi connectivity index (χ2n) is 8.68. The molecule has 0 radical (unpaired) electrons. The summed E-state index contributed by atoms with van der Waals surface area (Å²) < 4.78 is 13.3. The van der Waals surface area contributed by atoms with Gasteiger partial charge in [-0.2, -0.15) is 5.10 Å². The van der Waals surface area contributed by atoms with Gasteiger partial charge in [-0.25, -0.2) is 9.67 Å². The lowest BCUT2D eigenvalue weighted by Gasteiger charge is -2.27. The van der Waals surface area contributed by atoms with Crippen LogP contribution in [0.25, 0.3) is 22.3 Å². The summed E-state index contributed by atoms with van der Waals surface area (Å²) in [4.78, 5) is 20.9. The van der Waals surface area contributed by atoms with Crippen molar-refractivity contribution in [2.45, 2.75) is 32.4 Å². The summed E-state index contributed by atoms with van der Waals surface area (Å²) in [6, 6.07) is 17.9. The SMILES string of the molecule is CCn1ncc2c(C(=O)N3CCCC3c3ccc4c(c3)OCCO4)cc(-c3ccccc3)nc21. The maximum Gasteiger partial charge on any atom is 0.255 e. The standard InChI is InChI=1S/C27H26N4O3/c1-2-31-26-21(17-28-31)20(16-22(29-26)18-7-4-3-5-8-18)27(32)30-12-6-9-23(30)19-10-11-24-25(15-19)34-14-13-33-24/h3-5,7-8,10-11,15-17,23H,2,6,9,12-14H2,1H3. The molecule has 4 heterocycles. The lowest BCUT2D eigenvalue weighted by molar-refractivity contribution is 0.0737. The van der Waals surface area contributed by atoms with Gasteiger partial charge in [0, 0.05) is 18.7 Å². The summed E-state index contributed by atoms with van der Waals surface area (Å²) >= 11 is 0. The first kappa shape index (κ1) is 20.7. The predicted octanol–water partition coefficient (Wildman–Crippen LogP) is 4.87. The quantitative estimate of drug-likeness (QED) is 0.440. The molecule has 2 aliphatic heterocycles. The maximum atomic E-state index is 14.0. The van der Waals surface area contributed by atoms with E-state index in [2.05, 4.69) is 11.2 Å². The zero-order valence-electron chi connectivity index (χ0n) is 19.1. The molecule has 1 unspecified atom stereocenters. The number of benzene rings is 2. The van der Waals surface area contributed by atoms with Crippen molar-refractivity contribution in [2.24, 2.45) is 0 Å². The molecular weight excluding hydrogens is 428 g/mol. The Bertz CT molecular complexity index is 1370. The number of carbonyl (C=O) groups excluding carboxylic acids is 1. The Morgan fingerprint density at radius 1 is 1.06 bits per heavy atom. The lowest BCUT2D eigenvalue weighted by atomic mass is 10.0. The van der Waals surface area contributed by atoms with Gasteiger partial charge in [0.2, 0.25) is 0 Å². The van der Waals surface area contributed by atoms with Crippen LogP contribution in [-0.4, -0.2) is 45.3 Å². The Balaban J connectivity index is 1.41. The third-order valence-corrected chi connectivity index (χ3v) is 6.67. The Labute approximate surface area is 197 Å². The minimum atomic E-state index is -0.00654. The van der Waals surface area contributed by atoms with Crippen molar-refractivity contribution in [3.05, 3.63) is 71.9 Å². The lowest BCUT2D eigenvalue weighted by Crippen LogP contribution is -2.31. The zero-order chi connectivity index (χ0) is 23.1. The van der Waals surface area contributed by atoms with Crippen LogP contribution in [0.3, 0.4) is 0 Å². The van der Waals surface area contributed by atoms with Gasteiger partial charge in [0.25, 0.3) is 5.91 Å². The van der Waals surface area contributed by atoms with E-state index in [1.54, 1.807) is 6.20 Å². The highest BCUT2D eigenvalue weighted by Crippen LogP contribution is 2.39. The summed E-state index contributed by atoms with van der Waals surface area (Å²) in [5.41, 5.74) is 4.22. The number of aryl methyl sites for hydroxylation is 1. The molecule has 2 aromatic carbocycles. The van der Waals surface area contributed by atoms with Crippen LogP contribution in [0, 0.1) is 0 Å². The number of nitrogens with zero attached hydrogens (tertiary/aromatic N) is 4. The minimum Gasteiger partial charge on any atom is -0.486 e. The summed E-state index contributed by atoms with van der Waals surface area (Å²) in [5.74, 6) is 1.53. The molecule has 0 bridgehead atoms. The van der Waals surface area contributed by atoms with Gasteiger partial charge < -0.3 is 14.4 Å². The molecular formula is C27H26N4O3. The van der Waals surface area contributed by atoms with Crippen LogP contribution >= 0.6 is 0 Å². The molecule has 172 valence electrons. The van der Waals surface area contributed by atoms with E-state index in [1.165, 1.54) is 0 Å². The van der Waals surface area contributed by atoms with E-state index in [-0.39, 0.29) is 11.9 Å². The molecule has 6 rings (SSSR count). The predicted molar refractivity (Wildman–Crippen MR) is 129 cm³/mol. The van der Waals surface area contributed by atoms with Crippen molar-refractivity contribution in [3.8, 4) is 22.8 Å². The molecule has 1 atom stereocenters. The molecule has 34 heavy (non-hydrogen) atoms. The number of amides is 1. The van der Waals surface area contributed by atoms with Crippen LogP contribution in [0.5, 0.6) is 11.5 Å². The number of fused-ring (bicyclic) bond motifs is 2. The van der Waals surface area contributed by atoms with Gasteiger partial charge in [-0.05, 0) is 43.5 Å². The van der Waals surface area contributed by atoms with Gasteiger partial charge in [-0.3, -0.25) is 4.79 Å². The number of rotatable bonds is 4. The van der Waals surface area contributed by atoms with Crippen LogP contribution in [0.15, 0.2) is 60.8 Å². The second-order valence-corrected chi connectivity index (χ2v) is 8.68. The first-order chi connectivity index (χ1) is 16.7. The average Bonchev–Trinajstić information content (AvgIpc) is 3.55. The number of ether oxygens (including phenoxy) is 2. The molecule has 7 heteroatoms. The number of aromatic nitrogens is 3. The number of carbonyl (C=O) groups is 1. The van der Waals surface area contributed by atoms with Crippen LogP contribution in [0.4, 0.5) is 0 Å². The van der Waals surface area contributed by atoms with Crippen LogP contribution in [0.2, 0.25) is 0 Å². The monoisotopic (exact) mass is 454 g/mol. The first-order valence-corrected chi connectivity index (χ1v) is 11.9. The van der Waals surface area contributed by atoms with Crippen molar-refractivity contribution < 1.29 is 14.3 Å². The Kier molecular flexibility index (Phi) is 5.17. The molecule has 4 aromatic rings. The van der Waals surface area contributed by atoms with Crippen molar-refractivity contribution >= 4 is 16.9 Å².